The summed E-state index contributed by atoms with van der Waals surface area (Å²) in [6.07, 6.45) is 14.6. The number of imidazole rings is 1. The molecule has 0 aliphatic heterocycles. The highest BCUT2D eigenvalue weighted by atomic mass is 16.5. The molecule has 1 aromatic carbocycles. The smallest absolute Gasteiger partial charge is 0.320 e. The number of hydrogen-bond acceptors (Lipinski definition) is 5. The van der Waals surface area contributed by atoms with Crippen LogP contribution in [0.2, 0.25) is 0 Å². The number of carbonyl (C=O) groups is 2. The molecule has 34 heavy (non-hydrogen) atoms. The van der Waals surface area contributed by atoms with E-state index in [-0.39, 0.29) is 0 Å². The van der Waals surface area contributed by atoms with Crippen LogP contribution in [0.3, 0.4) is 0 Å². The Morgan fingerprint density at radius 3 is 2.12 bits per heavy atom. The van der Waals surface area contributed by atoms with Crippen molar-refractivity contribution in [2.45, 2.75) is 77.2 Å². The molecule has 0 radical (unpaired) electrons. The summed E-state index contributed by atoms with van der Waals surface area (Å²) in [6.45, 7) is 2.22. The van der Waals surface area contributed by atoms with Gasteiger partial charge in [-0.2, -0.15) is 0 Å². The van der Waals surface area contributed by atoms with Gasteiger partial charge in [-0.05, 0) is 18.6 Å². The number of carboxylic acid groups (broad SMARTS) is 2. The van der Waals surface area contributed by atoms with Crippen LogP contribution in [0.5, 0.6) is 11.5 Å². The van der Waals surface area contributed by atoms with Crippen molar-refractivity contribution in [2.75, 3.05) is 14.2 Å². The second kappa shape index (κ2) is 14.3. The van der Waals surface area contributed by atoms with Crippen molar-refractivity contribution < 1.29 is 29.3 Å². The number of nitrogens with zero attached hydrogens (tertiary/aromatic N) is 2. The minimum absolute atomic E-state index is 0.361. The van der Waals surface area contributed by atoms with Crippen molar-refractivity contribution in [1.29, 1.82) is 0 Å². The second-order valence-electron chi connectivity index (χ2n) is 8.54. The maximum absolute atomic E-state index is 12.0. The first kappa shape index (κ1) is 27.2. The fourth-order valence-corrected chi connectivity index (χ4v) is 4.31. The molecule has 0 amide bonds. The van der Waals surface area contributed by atoms with Gasteiger partial charge in [0, 0.05) is 30.4 Å². The zero-order valence-corrected chi connectivity index (χ0v) is 20.5. The number of unbranched alkanes of at least 4 members (excludes halogenated alkanes) is 8. The highest BCUT2D eigenvalue weighted by Crippen LogP contribution is 2.37. The molecule has 188 valence electrons. The molecule has 0 spiro atoms. The van der Waals surface area contributed by atoms with Crippen LogP contribution in [-0.2, 0) is 16.0 Å². The molecule has 1 atom stereocenters. The Morgan fingerprint density at radius 2 is 1.56 bits per heavy atom. The number of aliphatic carboxylic acids is 2. The average molecular weight is 475 g/mol. The summed E-state index contributed by atoms with van der Waals surface area (Å²) in [5.41, 5.74) is 0.449. The molecular formula is C26H38N2O6. The third-order valence-corrected chi connectivity index (χ3v) is 6.16. The summed E-state index contributed by atoms with van der Waals surface area (Å²) in [5.74, 6) is -2.99. The van der Waals surface area contributed by atoms with Gasteiger partial charge in [0.05, 0.1) is 20.3 Å². The minimum Gasteiger partial charge on any atom is -0.497 e. The first-order valence-corrected chi connectivity index (χ1v) is 12.1. The van der Waals surface area contributed by atoms with E-state index in [1.54, 1.807) is 35.2 Å². The van der Waals surface area contributed by atoms with Crippen LogP contribution in [-0.4, -0.2) is 45.9 Å². The summed E-state index contributed by atoms with van der Waals surface area (Å²) in [6, 6.07) is 3.93. The van der Waals surface area contributed by atoms with Gasteiger partial charge in [-0.3, -0.25) is 9.59 Å². The zero-order chi connectivity index (χ0) is 24.9. The largest absolute Gasteiger partial charge is 0.497 e. The van der Waals surface area contributed by atoms with Crippen LogP contribution in [0, 0.1) is 5.92 Å². The van der Waals surface area contributed by atoms with E-state index in [0.29, 0.717) is 29.3 Å². The molecule has 0 aliphatic rings. The van der Waals surface area contributed by atoms with Crippen molar-refractivity contribution in [3.63, 3.8) is 0 Å². The first-order chi connectivity index (χ1) is 16.4. The summed E-state index contributed by atoms with van der Waals surface area (Å²) in [7, 11) is 2.98. The van der Waals surface area contributed by atoms with E-state index < -0.39 is 23.9 Å². The van der Waals surface area contributed by atoms with E-state index in [2.05, 4.69) is 11.9 Å². The van der Waals surface area contributed by atoms with Crippen molar-refractivity contribution in [2.24, 2.45) is 5.92 Å². The van der Waals surface area contributed by atoms with E-state index in [0.717, 1.165) is 19.3 Å². The second-order valence-corrected chi connectivity index (χ2v) is 8.54. The van der Waals surface area contributed by atoms with E-state index in [4.69, 9.17) is 9.47 Å². The number of carboxylic acids is 2. The molecular weight excluding hydrogens is 436 g/mol. The van der Waals surface area contributed by atoms with Crippen LogP contribution < -0.4 is 9.47 Å². The zero-order valence-electron chi connectivity index (χ0n) is 20.5. The van der Waals surface area contributed by atoms with Crippen molar-refractivity contribution in [3.8, 4) is 11.5 Å². The fraction of sp³-hybridized carbons (Fsp3) is 0.577. The number of hydrogen-bond donors (Lipinski definition) is 2. The highest BCUT2D eigenvalue weighted by molar-refractivity contribution is 5.94. The summed E-state index contributed by atoms with van der Waals surface area (Å²) in [5, 5.41) is 19.6. The van der Waals surface area contributed by atoms with Crippen molar-refractivity contribution >= 4 is 11.9 Å². The molecule has 0 aliphatic carbocycles. The number of benzene rings is 1. The molecule has 0 saturated carbocycles. The Hall–Kier alpha value is -3.03. The topological polar surface area (TPSA) is 111 Å². The number of ether oxygens (including phenoxy) is 2. The highest BCUT2D eigenvalue weighted by Gasteiger charge is 2.39. The van der Waals surface area contributed by atoms with Gasteiger partial charge in [0.15, 0.2) is 5.92 Å². The predicted molar refractivity (Wildman–Crippen MR) is 130 cm³/mol. The molecule has 1 heterocycles. The van der Waals surface area contributed by atoms with Crippen molar-refractivity contribution in [1.82, 2.24) is 9.55 Å². The predicted octanol–water partition coefficient (Wildman–Crippen LogP) is 5.35. The molecule has 2 aromatic rings. The lowest BCUT2D eigenvalue weighted by atomic mass is 9.91. The maximum atomic E-state index is 12.0. The van der Waals surface area contributed by atoms with Crippen LogP contribution in [0.4, 0.5) is 0 Å². The lowest BCUT2D eigenvalue weighted by Gasteiger charge is -2.26. The Bertz CT molecular complexity index is 896. The Kier molecular flexibility index (Phi) is 11.4. The molecule has 8 nitrogen and oxygen atoms in total. The third-order valence-electron chi connectivity index (χ3n) is 6.16. The normalized spacial score (nSPS) is 12.0. The maximum Gasteiger partial charge on any atom is 0.320 e. The van der Waals surface area contributed by atoms with E-state index >= 15 is 0 Å². The molecule has 0 bridgehead atoms. The lowest BCUT2D eigenvalue weighted by molar-refractivity contribution is -0.156. The minimum atomic E-state index is -1.71. The monoisotopic (exact) mass is 474 g/mol. The molecule has 0 fully saturated rings. The van der Waals surface area contributed by atoms with Crippen LogP contribution in [0.25, 0.3) is 0 Å². The first-order valence-electron chi connectivity index (χ1n) is 12.1. The van der Waals surface area contributed by atoms with Gasteiger partial charge in [0.2, 0.25) is 0 Å². The van der Waals surface area contributed by atoms with E-state index in [1.165, 1.54) is 52.7 Å². The molecule has 0 saturated heterocycles. The van der Waals surface area contributed by atoms with Gasteiger partial charge in [-0.15, -0.1) is 0 Å². The molecule has 1 unspecified atom stereocenters. The Labute approximate surface area is 201 Å². The Balaban J connectivity index is 2.20. The number of aryl methyl sites for hydroxylation is 1. The molecule has 2 rings (SSSR count). The van der Waals surface area contributed by atoms with Crippen LogP contribution in [0.15, 0.2) is 30.6 Å². The van der Waals surface area contributed by atoms with Gasteiger partial charge < -0.3 is 24.3 Å². The fourth-order valence-electron chi connectivity index (χ4n) is 4.31. The SMILES string of the molecule is CCCCCCCCCCCc1nccn1C(c1ccc(OC)cc1OC)C(C(=O)O)C(=O)O. The van der Waals surface area contributed by atoms with E-state index in [9.17, 15) is 19.8 Å². The van der Waals surface area contributed by atoms with Gasteiger partial charge >= 0.3 is 11.9 Å². The molecule has 8 heteroatoms. The standard InChI is InChI=1S/C26H38N2O6/c1-4-5-6-7-8-9-10-11-12-13-22-27-16-17-28(22)24(23(25(29)30)26(31)32)20-15-14-19(33-2)18-21(20)34-3/h14-18,23-24H,4-13H2,1-3H3,(H,29,30)(H,31,32). The van der Waals surface area contributed by atoms with Gasteiger partial charge in [-0.1, -0.05) is 58.3 Å². The number of aromatic nitrogens is 2. The molecule has 2 N–H and O–H groups in total. The Morgan fingerprint density at radius 1 is 0.941 bits per heavy atom. The summed E-state index contributed by atoms with van der Waals surface area (Å²) < 4.78 is 12.4. The van der Waals surface area contributed by atoms with E-state index in [1.807, 2.05) is 0 Å². The summed E-state index contributed by atoms with van der Waals surface area (Å²) in [4.78, 5) is 28.5. The number of rotatable bonds is 17. The van der Waals surface area contributed by atoms with Gasteiger partial charge in [-0.25, -0.2) is 4.98 Å². The van der Waals surface area contributed by atoms with Gasteiger partial charge in [0.1, 0.15) is 17.3 Å². The van der Waals surface area contributed by atoms with Crippen LogP contribution >= 0.6 is 0 Å². The van der Waals surface area contributed by atoms with Crippen molar-refractivity contribution in [3.05, 3.63) is 42.0 Å². The molecule has 1 aromatic heterocycles. The summed E-state index contributed by atoms with van der Waals surface area (Å²) >= 11 is 0. The third kappa shape index (κ3) is 7.50. The average Bonchev–Trinajstić information content (AvgIpc) is 3.28. The quantitative estimate of drug-likeness (QED) is 0.235. The lowest BCUT2D eigenvalue weighted by Crippen LogP contribution is -2.34. The van der Waals surface area contributed by atoms with Crippen LogP contribution in [0.1, 0.15) is 82.1 Å². The number of methoxy groups -OCH3 is 2. The van der Waals surface area contributed by atoms with Gasteiger partial charge in [0.25, 0.3) is 0 Å².